The van der Waals surface area contributed by atoms with Crippen molar-refractivity contribution >= 4 is 10.8 Å². The monoisotopic (exact) mass is 279 g/mol. The molecule has 106 valence electrons. The van der Waals surface area contributed by atoms with Crippen LogP contribution in [0.1, 0.15) is 43.2 Å². The highest BCUT2D eigenvalue weighted by atomic mass is 32.2. The molecule has 0 radical (unpaired) electrons. The Bertz CT molecular complexity index is 427. The van der Waals surface area contributed by atoms with E-state index in [-0.39, 0.29) is 6.04 Å². The Kier molecular flexibility index (Phi) is 5.59. The van der Waals surface area contributed by atoms with Crippen molar-refractivity contribution < 1.29 is 4.21 Å². The van der Waals surface area contributed by atoms with Crippen LogP contribution < -0.4 is 5.73 Å². The molecule has 2 N–H and O–H groups in total. The fourth-order valence-corrected chi connectivity index (χ4v) is 4.41. The van der Waals surface area contributed by atoms with Gasteiger partial charge in [0.15, 0.2) is 0 Å². The van der Waals surface area contributed by atoms with Crippen LogP contribution in [0.2, 0.25) is 0 Å². The minimum absolute atomic E-state index is 0.116. The predicted molar refractivity (Wildman–Crippen MR) is 82.4 cm³/mol. The van der Waals surface area contributed by atoms with Crippen molar-refractivity contribution in [2.45, 2.75) is 50.8 Å². The SMILES string of the molecule is Cc1ccccc1CS(=O)CC(N)C1CCCCC1. The molecule has 2 atom stereocenters. The van der Waals surface area contributed by atoms with Crippen molar-refractivity contribution in [3.63, 3.8) is 0 Å². The molecule has 0 heterocycles. The van der Waals surface area contributed by atoms with Gasteiger partial charge in [0.1, 0.15) is 0 Å². The molecule has 19 heavy (non-hydrogen) atoms. The van der Waals surface area contributed by atoms with Gasteiger partial charge in [-0.1, -0.05) is 43.5 Å². The third-order valence-electron chi connectivity index (χ3n) is 4.21. The van der Waals surface area contributed by atoms with Crippen LogP contribution in [-0.4, -0.2) is 16.0 Å². The number of nitrogens with two attached hydrogens (primary N) is 1. The number of hydrogen-bond acceptors (Lipinski definition) is 2. The average molecular weight is 279 g/mol. The summed E-state index contributed by atoms with van der Waals surface area (Å²) >= 11 is 0. The summed E-state index contributed by atoms with van der Waals surface area (Å²) in [6.45, 7) is 2.08. The van der Waals surface area contributed by atoms with Gasteiger partial charge in [-0.05, 0) is 36.8 Å². The van der Waals surface area contributed by atoms with E-state index in [1.807, 2.05) is 12.1 Å². The second-order valence-corrected chi connectivity index (χ2v) is 7.24. The molecular weight excluding hydrogens is 254 g/mol. The topological polar surface area (TPSA) is 43.1 Å². The van der Waals surface area contributed by atoms with Crippen LogP contribution in [0.4, 0.5) is 0 Å². The minimum Gasteiger partial charge on any atom is -0.327 e. The maximum Gasteiger partial charge on any atom is 0.0488 e. The molecule has 3 heteroatoms. The van der Waals surface area contributed by atoms with Crippen LogP contribution in [0.5, 0.6) is 0 Å². The third-order valence-corrected chi connectivity index (χ3v) is 5.60. The van der Waals surface area contributed by atoms with Crippen molar-refractivity contribution in [3.8, 4) is 0 Å². The molecule has 0 aliphatic heterocycles. The highest BCUT2D eigenvalue weighted by Gasteiger charge is 2.22. The summed E-state index contributed by atoms with van der Waals surface area (Å²) in [5.41, 5.74) is 8.66. The molecule has 0 saturated heterocycles. The summed E-state index contributed by atoms with van der Waals surface area (Å²) in [4.78, 5) is 0. The lowest BCUT2D eigenvalue weighted by molar-refractivity contribution is 0.318. The van der Waals surface area contributed by atoms with Gasteiger partial charge in [-0.25, -0.2) is 0 Å². The Balaban J connectivity index is 1.85. The first-order chi connectivity index (χ1) is 9.16. The van der Waals surface area contributed by atoms with E-state index in [4.69, 9.17) is 5.73 Å². The van der Waals surface area contributed by atoms with Crippen LogP contribution in [0.25, 0.3) is 0 Å². The summed E-state index contributed by atoms with van der Waals surface area (Å²) in [6, 6.07) is 8.30. The van der Waals surface area contributed by atoms with Crippen molar-refractivity contribution in [3.05, 3.63) is 35.4 Å². The Hall–Kier alpha value is -0.670. The zero-order valence-electron chi connectivity index (χ0n) is 11.8. The lowest BCUT2D eigenvalue weighted by atomic mass is 9.85. The molecule has 2 unspecified atom stereocenters. The minimum atomic E-state index is -0.838. The standard InChI is InChI=1S/C16H25NOS/c1-13-7-5-6-10-15(13)11-19(18)12-16(17)14-8-3-2-4-9-14/h5-7,10,14,16H,2-4,8-9,11-12,17H2,1H3. The lowest BCUT2D eigenvalue weighted by Crippen LogP contribution is -2.36. The van der Waals surface area contributed by atoms with E-state index in [0.29, 0.717) is 17.4 Å². The lowest BCUT2D eigenvalue weighted by Gasteiger charge is -2.27. The third kappa shape index (κ3) is 4.43. The fourth-order valence-electron chi connectivity index (χ4n) is 2.92. The predicted octanol–water partition coefficient (Wildman–Crippen LogP) is 3.15. The van der Waals surface area contributed by atoms with Crippen LogP contribution in [0.15, 0.2) is 24.3 Å². The molecule has 1 aromatic rings. The molecule has 1 saturated carbocycles. The van der Waals surface area contributed by atoms with Crippen LogP contribution in [0, 0.1) is 12.8 Å². The molecule has 1 aromatic carbocycles. The Labute approximate surface area is 119 Å². The van der Waals surface area contributed by atoms with Crippen molar-refractivity contribution in [2.24, 2.45) is 11.7 Å². The first-order valence-corrected chi connectivity index (χ1v) is 8.80. The van der Waals surface area contributed by atoms with E-state index in [0.717, 1.165) is 0 Å². The van der Waals surface area contributed by atoms with Crippen molar-refractivity contribution in [1.82, 2.24) is 0 Å². The van der Waals surface area contributed by atoms with Gasteiger partial charge in [0.2, 0.25) is 0 Å². The fraction of sp³-hybridized carbons (Fsp3) is 0.625. The van der Waals surface area contributed by atoms with Crippen LogP contribution in [-0.2, 0) is 16.6 Å². The zero-order chi connectivity index (χ0) is 13.7. The van der Waals surface area contributed by atoms with E-state index >= 15 is 0 Å². The maximum atomic E-state index is 12.2. The molecule has 1 fully saturated rings. The van der Waals surface area contributed by atoms with Gasteiger partial charge >= 0.3 is 0 Å². The van der Waals surface area contributed by atoms with Gasteiger partial charge in [-0.3, -0.25) is 4.21 Å². The first-order valence-electron chi connectivity index (χ1n) is 7.32. The van der Waals surface area contributed by atoms with Gasteiger partial charge in [-0.15, -0.1) is 0 Å². The molecule has 0 bridgehead atoms. The average Bonchev–Trinajstić information content (AvgIpc) is 2.42. The quantitative estimate of drug-likeness (QED) is 0.899. The van der Waals surface area contributed by atoms with Gasteiger partial charge in [0.05, 0.1) is 0 Å². The number of hydrogen-bond donors (Lipinski definition) is 1. The molecule has 0 amide bonds. The number of aryl methyl sites for hydroxylation is 1. The Morgan fingerprint density at radius 2 is 1.95 bits per heavy atom. The molecule has 0 aromatic heterocycles. The van der Waals surface area contributed by atoms with Gasteiger partial charge in [0, 0.05) is 28.3 Å². The first kappa shape index (κ1) is 14.7. The zero-order valence-corrected chi connectivity index (χ0v) is 12.6. The van der Waals surface area contributed by atoms with Crippen molar-refractivity contribution in [2.75, 3.05) is 5.75 Å². The van der Waals surface area contributed by atoms with Gasteiger partial charge < -0.3 is 5.73 Å². The summed E-state index contributed by atoms with van der Waals surface area (Å²) in [5.74, 6) is 1.89. The smallest absolute Gasteiger partial charge is 0.0488 e. The molecular formula is C16H25NOS. The second kappa shape index (κ2) is 7.20. The molecule has 0 spiro atoms. The second-order valence-electron chi connectivity index (χ2n) is 5.74. The summed E-state index contributed by atoms with van der Waals surface area (Å²) in [5, 5.41) is 0. The Morgan fingerprint density at radius 3 is 2.63 bits per heavy atom. The molecule has 1 aliphatic carbocycles. The van der Waals surface area contributed by atoms with Gasteiger partial charge in [-0.2, -0.15) is 0 Å². The van der Waals surface area contributed by atoms with Crippen molar-refractivity contribution in [1.29, 1.82) is 0 Å². The van der Waals surface area contributed by atoms with E-state index in [2.05, 4.69) is 19.1 Å². The molecule has 1 aliphatic rings. The molecule has 2 nitrogen and oxygen atoms in total. The highest BCUT2D eigenvalue weighted by Crippen LogP contribution is 2.26. The van der Waals surface area contributed by atoms with E-state index in [9.17, 15) is 4.21 Å². The largest absolute Gasteiger partial charge is 0.327 e. The van der Waals surface area contributed by atoms with Crippen LogP contribution >= 0.6 is 0 Å². The van der Waals surface area contributed by atoms with E-state index < -0.39 is 10.8 Å². The maximum absolute atomic E-state index is 12.2. The van der Waals surface area contributed by atoms with Gasteiger partial charge in [0.25, 0.3) is 0 Å². The Morgan fingerprint density at radius 1 is 1.26 bits per heavy atom. The molecule has 2 rings (SSSR count). The summed E-state index contributed by atoms with van der Waals surface area (Å²) in [6.07, 6.45) is 6.38. The summed E-state index contributed by atoms with van der Waals surface area (Å²) < 4.78 is 12.2. The summed E-state index contributed by atoms with van der Waals surface area (Å²) in [7, 11) is -0.838. The number of rotatable bonds is 5. The van der Waals surface area contributed by atoms with E-state index in [1.54, 1.807) is 0 Å². The normalized spacial score (nSPS) is 20.1. The van der Waals surface area contributed by atoms with E-state index in [1.165, 1.54) is 43.2 Å². The van der Waals surface area contributed by atoms with Crippen LogP contribution in [0.3, 0.4) is 0 Å². The number of benzene rings is 1. The highest BCUT2D eigenvalue weighted by molar-refractivity contribution is 7.84.